The lowest BCUT2D eigenvalue weighted by molar-refractivity contribution is 0.0656. The third kappa shape index (κ3) is 5.39. The number of aromatic nitrogens is 1. The number of nitrogens with zero attached hydrogens (tertiary/aromatic N) is 3. The predicted molar refractivity (Wildman–Crippen MR) is 117 cm³/mol. The molecular weight excluding hydrogens is 436 g/mol. The van der Waals surface area contributed by atoms with Crippen LogP contribution in [0.2, 0.25) is 0 Å². The van der Waals surface area contributed by atoms with Gasteiger partial charge in [0.25, 0.3) is 5.91 Å². The van der Waals surface area contributed by atoms with Gasteiger partial charge in [0.2, 0.25) is 5.43 Å². The number of carbonyl (C=O) groups excluding carboxylic acids is 2. The summed E-state index contributed by atoms with van der Waals surface area (Å²) in [5.74, 6) is -3.46. The molecule has 1 aliphatic heterocycles. The van der Waals surface area contributed by atoms with Crippen LogP contribution < -0.4 is 10.4 Å². The van der Waals surface area contributed by atoms with Gasteiger partial charge < -0.3 is 14.7 Å². The highest BCUT2D eigenvalue weighted by molar-refractivity contribution is 6.00. The van der Waals surface area contributed by atoms with Gasteiger partial charge in [-0.05, 0) is 30.9 Å². The van der Waals surface area contributed by atoms with E-state index in [4.69, 9.17) is 4.74 Å². The third-order valence-electron chi connectivity index (χ3n) is 5.40. The van der Waals surface area contributed by atoms with E-state index in [1.165, 1.54) is 21.8 Å². The molecule has 1 N–H and O–H groups in total. The lowest BCUT2D eigenvalue weighted by atomic mass is 10.0. The topological polar surface area (TPSA) is 92.1 Å². The van der Waals surface area contributed by atoms with Gasteiger partial charge in [0, 0.05) is 45.5 Å². The number of hydrogen-bond donors (Lipinski definition) is 1. The number of amides is 1. The Hall–Kier alpha value is -3.27. The highest BCUT2D eigenvalue weighted by Crippen LogP contribution is 2.22. The summed E-state index contributed by atoms with van der Waals surface area (Å²) in [5.41, 5.74) is -1.34. The van der Waals surface area contributed by atoms with Crippen molar-refractivity contribution >= 4 is 11.7 Å². The summed E-state index contributed by atoms with van der Waals surface area (Å²) in [6.07, 6.45) is 2.45. The molecule has 3 rings (SSSR count). The van der Waals surface area contributed by atoms with Gasteiger partial charge in [0.1, 0.15) is 18.3 Å². The number of fused-ring (bicyclic) bond motifs is 1. The van der Waals surface area contributed by atoms with Crippen molar-refractivity contribution < 1.29 is 28.2 Å². The Bertz CT molecular complexity index is 1100. The van der Waals surface area contributed by atoms with Crippen molar-refractivity contribution in [3.05, 3.63) is 63.1 Å². The second kappa shape index (κ2) is 10.6. The van der Waals surface area contributed by atoms with Crippen LogP contribution in [-0.2, 0) is 11.2 Å². The number of rotatable bonds is 10. The number of halogens is 2. The lowest BCUT2D eigenvalue weighted by Crippen LogP contribution is -2.53. The average molecular weight is 463 g/mol. The molecule has 0 spiro atoms. The number of Topliss-reactive ketones (excluding diaryl/α,β-unsaturated/α-hetero) is 1. The van der Waals surface area contributed by atoms with E-state index in [1.54, 1.807) is 12.1 Å². The van der Waals surface area contributed by atoms with Crippen LogP contribution in [0.25, 0.3) is 0 Å². The summed E-state index contributed by atoms with van der Waals surface area (Å²) in [5, 5.41) is 12.1. The molecule has 0 unspecified atom stereocenters. The highest BCUT2D eigenvalue weighted by Gasteiger charge is 2.32. The molecule has 10 heteroatoms. The Morgan fingerprint density at radius 3 is 2.67 bits per heavy atom. The van der Waals surface area contributed by atoms with Gasteiger partial charge >= 0.3 is 0 Å². The van der Waals surface area contributed by atoms with Crippen molar-refractivity contribution in [2.75, 3.05) is 38.5 Å². The SMILES string of the molecule is CCCOCCCN1CN(C)n2cc(C(=O)CCc3ccc(F)cc3F)c(=O)c(O)c2C1=O. The number of aromatic hydroxyl groups is 1. The molecule has 8 nitrogen and oxygen atoms in total. The second-order valence-corrected chi connectivity index (χ2v) is 7.91. The Labute approximate surface area is 190 Å². The highest BCUT2D eigenvalue weighted by atomic mass is 19.1. The summed E-state index contributed by atoms with van der Waals surface area (Å²) in [6.45, 7) is 3.70. The molecular formula is C23H27F2N3O5. The first-order valence-corrected chi connectivity index (χ1v) is 10.8. The molecule has 2 aromatic rings. The van der Waals surface area contributed by atoms with Crippen molar-refractivity contribution in [3.8, 4) is 5.75 Å². The number of hydrogen-bond acceptors (Lipinski definition) is 6. The van der Waals surface area contributed by atoms with Crippen LogP contribution in [-0.4, -0.2) is 59.8 Å². The summed E-state index contributed by atoms with van der Waals surface area (Å²) >= 11 is 0. The lowest BCUT2D eigenvalue weighted by Gasteiger charge is -2.37. The van der Waals surface area contributed by atoms with Crippen LogP contribution in [0.5, 0.6) is 5.75 Å². The summed E-state index contributed by atoms with van der Waals surface area (Å²) in [7, 11) is 1.66. The molecule has 0 saturated carbocycles. The number of carbonyl (C=O) groups is 2. The summed E-state index contributed by atoms with van der Waals surface area (Å²) in [6, 6.07) is 3.05. The van der Waals surface area contributed by atoms with Crippen LogP contribution in [0, 0.1) is 11.6 Å². The molecule has 33 heavy (non-hydrogen) atoms. The molecule has 178 valence electrons. The van der Waals surface area contributed by atoms with Gasteiger partial charge in [-0.2, -0.15) is 0 Å². The van der Waals surface area contributed by atoms with E-state index in [-0.39, 0.29) is 36.3 Å². The molecule has 0 aliphatic carbocycles. The Kier molecular flexibility index (Phi) is 7.80. The van der Waals surface area contributed by atoms with Gasteiger partial charge in [-0.25, -0.2) is 8.78 Å². The molecule has 1 aromatic carbocycles. The molecule has 0 radical (unpaired) electrons. The van der Waals surface area contributed by atoms with E-state index in [1.807, 2.05) is 6.92 Å². The minimum absolute atomic E-state index is 0.0461. The number of ketones is 1. The van der Waals surface area contributed by atoms with Crippen molar-refractivity contribution in [2.24, 2.45) is 0 Å². The van der Waals surface area contributed by atoms with E-state index in [0.29, 0.717) is 26.2 Å². The van der Waals surface area contributed by atoms with E-state index >= 15 is 0 Å². The van der Waals surface area contributed by atoms with E-state index in [2.05, 4.69) is 0 Å². The average Bonchev–Trinajstić information content (AvgIpc) is 2.77. The summed E-state index contributed by atoms with van der Waals surface area (Å²) < 4.78 is 33.6. The maximum absolute atomic E-state index is 13.8. The van der Waals surface area contributed by atoms with Crippen LogP contribution in [0.4, 0.5) is 8.78 Å². The van der Waals surface area contributed by atoms with Gasteiger partial charge in [-0.1, -0.05) is 13.0 Å². The first-order chi connectivity index (χ1) is 15.7. The van der Waals surface area contributed by atoms with Crippen molar-refractivity contribution in [3.63, 3.8) is 0 Å². The molecule has 0 fully saturated rings. The minimum Gasteiger partial charge on any atom is -0.502 e. The first kappa shape index (κ1) is 24.4. The fourth-order valence-electron chi connectivity index (χ4n) is 3.67. The van der Waals surface area contributed by atoms with Crippen molar-refractivity contribution in [1.29, 1.82) is 0 Å². The monoisotopic (exact) mass is 463 g/mol. The van der Waals surface area contributed by atoms with E-state index in [0.717, 1.165) is 18.6 Å². The number of aryl methyl sites for hydroxylation is 1. The number of benzene rings is 1. The summed E-state index contributed by atoms with van der Waals surface area (Å²) in [4.78, 5) is 39.7. The second-order valence-electron chi connectivity index (χ2n) is 7.91. The Morgan fingerprint density at radius 2 is 1.97 bits per heavy atom. The van der Waals surface area contributed by atoms with Gasteiger partial charge in [-0.15, -0.1) is 0 Å². The number of pyridine rings is 1. The minimum atomic E-state index is -0.958. The van der Waals surface area contributed by atoms with Crippen LogP contribution in [0.15, 0.2) is 29.2 Å². The van der Waals surface area contributed by atoms with Crippen LogP contribution >= 0.6 is 0 Å². The largest absolute Gasteiger partial charge is 0.502 e. The molecule has 0 saturated heterocycles. The van der Waals surface area contributed by atoms with E-state index in [9.17, 15) is 28.3 Å². The van der Waals surface area contributed by atoms with Crippen molar-refractivity contribution in [2.45, 2.75) is 32.6 Å². The van der Waals surface area contributed by atoms with Gasteiger partial charge in [-0.3, -0.25) is 24.1 Å². The fraction of sp³-hybridized carbons (Fsp3) is 0.435. The quantitative estimate of drug-likeness (QED) is 0.430. The smallest absolute Gasteiger partial charge is 0.277 e. The predicted octanol–water partition coefficient (Wildman–Crippen LogP) is 2.45. The third-order valence-corrected chi connectivity index (χ3v) is 5.40. The zero-order chi connectivity index (χ0) is 24.1. The Morgan fingerprint density at radius 1 is 1.21 bits per heavy atom. The van der Waals surface area contributed by atoms with Crippen molar-refractivity contribution in [1.82, 2.24) is 9.58 Å². The fourth-order valence-corrected chi connectivity index (χ4v) is 3.67. The molecule has 0 bridgehead atoms. The molecule has 2 heterocycles. The standard InChI is InChI=1S/C23H27F2N3O5/c1-3-10-33-11-4-9-27-14-26(2)28-13-17(21(30)22(31)20(28)23(27)32)19(29)8-6-15-5-7-16(24)12-18(15)25/h5,7,12-13,31H,3-4,6,8-11,14H2,1-2H3. The Balaban J connectivity index is 1.77. The van der Waals surface area contributed by atoms with E-state index < -0.39 is 34.5 Å². The van der Waals surface area contributed by atoms with Crippen LogP contribution in [0.1, 0.15) is 52.6 Å². The maximum Gasteiger partial charge on any atom is 0.277 e. The number of ether oxygens (including phenoxy) is 1. The van der Waals surface area contributed by atoms with Gasteiger partial charge in [0.05, 0.1) is 5.56 Å². The maximum atomic E-state index is 13.8. The zero-order valence-electron chi connectivity index (χ0n) is 18.6. The molecule has 1 aromatic heterocycles. The van der Waals surface area contributed by atoms with Gasteiger partial charge in [0.15, 0.2) is 17.2 Å². The molecule has 1 aliphatic rings. The first-order valence-electron chi connectivity index (χ1n) is 10.8. The molecule has 1 amide bonds. The normalized spacial score (nSPS) is 13.4. The van der Waals surface area contributed by atoms with Crippen LogP contribution in [0.3, 0.4) is 0 Å². The molecule has 0 atom stereocenters. The zero-order valence-corrected chi connectivity index (χ0v) is 18.6.